The van der Waals surface area contributed by atoms with Crippen LogP contribution in [0.15, 0.2) is 24.7 Å². The average Bonchev–Trinajstić information content (AvgIpc) is 3.02. The van der Waals surface area contributed by atoms with Crippen molar-refractivity contribution in [2.24, 2.45) is 7.05 Å². The molecule has 1 atom stereocenters. The number of hydrogen-bond donors (Lipinski definition) is 1. The quantitative estimate of drug-likeness (QED) is 0.858. The van der Waals surface area contributed by atoms with Crippen LogP contribution in [0.3, 0.4) is 0 Å². The molecule has 2 aromatic rings. The summed E-state index contributed by atoms with van der Waals surface area (Å²) >= 11 is 0. The first-order valence-electron chi connectivity index (χ1n) is 6.01. The summed E-state index contributed by atoms with van der Waals surface area (Å²) in [5.41, 5.74) is 1.65. The molecule has 1 N–H and O–H groups in total. The molecular weight excluding hydrogens is 230 g/mol. The minimum atomic E-state index is 0.175. The molecule has 1 unspecified atom stereocenters. The van der Waals surface area contributed by atoms with Crippen LogP contribution in [-0.4, -0.2) is 38.9 Å². The molecule has 3 rings (SSSR count). The Hall–Kier alpha value is -1.95. The van der Waals surface area contributed by atoms with Crippen LogP contribution in [0.2, 0.25) is 0 Å². The third-order valence-corrected chi connectivity index (χ3v) is 3.02. The summed E-state index contributed by atoms with van der Waals surface area (Å²) in [5, 5.41) is 7.41. The van der Waals surface area contributed by atoms with Crippen molar-refractivity contribution < 1.29 is 4.74 Å². The molecule has 6 heteroatoms. The predicted octanol–water partition coefficient (Wildman–Crippen LogP) is 0.618. The van der Waals surface area contributed by atoms with E-state index in [2.05, 4.69) is 20.4 Å². The fourth-order valence-electron chi connectivity index (χ4n) is 2.08. The summed E-state index contributed by atoms with van der Waals surface area (Å²) in [6.45, 7) is 1.85. The van der Waals surface area contributed by atoms with E-state index in [1.807, 2.05) is 13.1 Å². The van der Waals surface area contributed by atoms with Gasteiger partial charge in [-0.05, 0) is 19.0 Å². The molecule has 1 saturated heterocycles. The van der Waals surface area contributed by atoms with Crippen LogP contribution in [0, 0.1) is 0 Å². The highest BCUT2D eigenvalue weighted by Gasteiger charge is 2.20. The van der Waals surface area contributed by atoms with E-state index >= 15 is 0 Å². The summed E-state index contributed by atoms with van der Waals surface area (Å²) in [6.07, 6.45) is 6.24. The summed E-state index contributed by atoms with van der Waals surface area (Å²) in [4.78, 5) is 8.64. The second-order valence-corrected chi connectivity index (χ2v) is 4.28. The monoisotopic (exact) mass is 245 g/mol. The lowest BCUT2D eigenvalue weighted by Gasteiger charge is -2.13. The lowest BCUT2D eigenvalue weighted by Crippen LogP contribution is -2.20. The second-order valence-electron chi connectivity index (χ2n) is 4.28. The number of aryl methyl sites for hydroxylation is 1. The fourth-order valence-corrected chi connectivity index (χ4v) is 2.08. The highest BCUT2D eigenvalue weighted by molar-refractivity contribution is 5.59. The van der Waals surface area contributed by atoms with E-state index in [0.717, 1.165) is 30.9 Å². The van der Waals surface area contributed by atoms with Crippen molar-refractivity contribution in [3.8, 4) is 17.3 Å². The lowest BCUT2D eigenvalue weighted by molar-refractivity contribution is 0.214. The summed E-state index contributed by atoms with van der Waals surface area (Å²) in [5.74, 6) is 0.579. The maximum atomic E-state index is 5.91. The normalized spacial score (nSPS) is 19.1. The van der Waals surface area contributed by atoms with E-state index in [9.17, 15) is 0 Å². The molecule has 6 nitrogen and oxygen atoms in total. The van der Waals surface area contributed by atoms with Gasteiger partial charge in [-0.1, -0.05) is 0 Å². The summed E-state index contributed by atoms with van der Waals surface area (Å²) in [6, 6.07) is 1.91. The van der Waals surface area contributed by atoms with Gasteiger partial charge in [0.1, 0.15) is 6.10 Å². The van der Waals surface area contributed by atoms with Gasteiger partial charge in [0.25, 0.3) is 0 Å². The minimum absolute atomic E-state index is 0.175. The van der Waals surface area contributed by atoms with Gasteiger partial charge in [-0.3, -0.25) is 4.68 Å². The molecule has 1 aliphatic heterocycles. The molecular formula is C12H15N5O. The number of aromatic nitrogens is 4. The van der Waals surface area contributed by atoms with Gasteiger partial charge in [-0.2, -0.15) is 5.10 Å². The molecule has 0 aliphatic carbocycles. The van der Waals surface area contributed by atoms with Gasteiger partial charge >= 0.3 is 0 Å². The number of rotatable bonds is 3. The van der Waals surface area contributed by atoms with Crippen molar-refractivity contribution in [3.05, 3.63) is 24.7 Å². The number of hydrogen-bond acceptors (Lipinski definition) is 5. The maximum absolute atomic E-state index is 5.91. The Balaban J connectivity index is 1.92. The Kier molecular flexibility index (Phi) is 2.93. The second kappa shape index (κ2) is 4.73. The zero-order valence-corrected chi connectivity index (χ0v) is 10.2. The largest absolute Gasteiger partial charge is 0.471 e. The number of ether oxygens (including phenoxy) is 1. The van der Waals surface area contributed by atoms with Crippen LogP contribution in [0.5, 0.6) is 5.88 Å². The zero-order valence-electron chi connectivity index (χ0n) is 10.2. The van der Waals surface area contributed by atoms with Crippen molar-refractivity contribution in [1.82, 2.24) is 25.1 Å². The van der Waals surface area contributed by atoms with Crippen molar-refractivity contribution in [2.45, 2.75) is 12.5 Å². The predicted molar refractivity (Wildman–Crippen MR) is 66.1 cm³/mol. The molecule has 0 aromatic carbocycles. The summed E-state index contributed by atoms with van der Waals surface area (Å²) < 4.78 is 7.68. The molecule has 94 valence electrons. The van der Waals surface area contributed by atoms with E-state index < -0.39 is 0 Å². The van der Waals surface area contributed by atoms with Gasteiger partial charge in [0.15, 0.2) is 5.69 Å². The maximum Gasteiger partial charge on any atom is 0.242 e. The van der Waals surface area contributed by atoms with Crippen molar-refractivity contribution in [2.75, 3.05) is 13.1 Å². The SMILES string of the molecule is Cn1nccc1-c1nccnc1OC1CCNC1. The smallest absolute Gasteiger partial charge is 0.242 e. The van der Waals surface area contributed by atoms with Gasteiger partial charge in [0, 0.05) is 32.2 Å². The first-order valence-corrected chi connectivity index (χ1v) is 6.01. The van der Waals surface area contributed by atoms with Crippen LogP contribution < -0.4 is 10.1 Å². The van der Waals surface area contributed by atoms with Crippen LogP contribution in [0.4, 0.5) is 0 Å². The Morgan fingerprint density at radius 3 is 2.94 bits per heavy atom. The van der Waals surface area contributed by atoms with Crippen LogP contribution in [0.25, 0.3) is 11.4 Å². The molecule has 18 heavy (non-hydrogen) atoms. The van der Waals surface area contributed by atoms with E-state index in [0.29, 0.717) is 5.88 Å². The standard InChI is InChI=1S/C12H15N5O/c1-17-10(3-5-16-17)11-12(15-7-6-14-11)18-9-2-4-13-8-9/h3,5-7,9,13H,2,4,8H2,1H3. The van der Waals surface area contributed by atoms with Crippen LogP contribution >= 0.6 is 0 Å². The van der Waals surface area contributed by atoms with Gasteiger partial charge in [0.05, 0.1) is 5.69 Å². The first kappa shape index (κ1) is 11.2. The topological polar surface area (TPSA) is 64.9 Å². The highest BCUT2D eigenvalue weighted by Crippen LogP contribution is 2.25. The Bertz CT molecular complexity index is 533. The van der Waals surface area contributed by atoms with Crippen molar-refractivity contribution >= 4 is 0 Å². The third kappa shape index (κ3) is 2.06. The molecule has 2 aromatic heterocycles. The first-order chi connectivity index (χ1) is 8.84. The Morgan fingerprint density at radius 2 is 2.22 bits per heavy atom. The van der Waals surface area contributed by atoms with Crippen LogP contribution in [0.1, 0.15) is 6.42 Å². The lowest BCUT2D eigenvalue weighted by atomic mass is 10.3. The Labute approximate surface area is 105 Å². The van der Waals surface area contributed by atoms with E-state index in [1.165, 1.54) is 0 Å². The average molecular weight is 245 g/mol. The van der Waals surface area contributed by atoms with Gasteiger partial charge in [-0.25, -0.2) is 9.97 Å². The number of nitrogens with zero attached hydrogens (tertiary/aromatic N) is 4. The molecule has 0 bridgehead atoms. The molecule has 0 radical (unpaired) electrons. The van der Waals surface area contributed by atoms with E-state index in [1.54, 1.807) is 23.3 Å². The molecule has 0 saturated carbocycles. The van der Waals surface area contributed by atoms with Crippen molar-refractivity contribution in [3.63, 3.8) is 0 Å². The molecule has 1 aliphatic rings. The highest BCUT2D eigenvalue weighted by atomic mass is 16.5. The van der Waals surface area contributed by atoms with Crippen LogP contribution in [-0.2, 0) is 7.05 Å². The van der Waals surface area contributed by atoms with E-state index in [-0.39, 0.29) is 6.10 Å². The molecule has 0 amide bonds. The van der Waals surface area contributed by atoms with Crippen molar-refractivity contribution in [1.29, 1.82) is 0 Å². The third-order valence-electron chi connectivity index (χ3n) is 3.02. The van der Waals surface area contributed by atoms with Gasteiger partial charge in [-0.15, -0.1) is 0 Å². The van der Waals surface area contributed by atoms with Gasteiger partial charge < -0.3 is 10.1 Å². The van der Waals surface area contributed by atoms with E-state index in [4.69, 9.17) is 4.74 Å². The minimum Gasteiger partial charge on any atom is -0.471 e. The molecule has 1 fully saturated rings. The number of nitrogens with one attached hydrogen (secondary N) is 1. The van der Waals surface area contributed by atoms with Gasteiger partial charge in [0.2, 0.25) is 5.88 Å². The fraction of sp³-hybridized carbons (Fsp3) is 0.417. The molecule has 0 spiro atoms. The Morgan fingerprint density at radius 1 is 1.33 bits per heavy atom. The zero-order chi connectivity index (χ0) is 12.4. The molecule has 3 heterocycles. The summed E-state index contributed by atoms with van der Waals surface area (Å²) in [7, 11) is 1.88.